The second kappa shape index (κ2) is 11.9. The molecule has 4 aromatic rings. The summed E-state index contributed by atoms with van der Waals surface area (Å²) in [6.45, 7) is 6.56. The van der Waals surface area contributed by atoms with Gasteiger partial charge >= 0.3 is 0 Å². The molecule has 0 aliphatic rings. The van der Waals surface area contributed by atoms with E-state index in [0.717, 1.165) is 64.6 Å². The summed E-state index contributed by atoms with van der Waals surface area (Å²) in [6, 6.07) is 14.5. The fourth-order valence-corrected chi connectivity index (χ4v) is 4.05. The first-order chi connectivity index (χ1) is 16.6. The van der Waals surface area contributed by atoms with E-state index in [-0.39, 0.29) is 0 Å². The van der Waals surface area contributed by atoms with E-state index < -0.39 is 0 Å². The van der Waals surface area contributed by atoms with Crippen LogP contribution in [0.5, 0.6) is 5.75 Å². The Labute approximate surface area is 206 Å². The summed E-state index contributed by atoms with van der Waals surface area (Å²) >= 11 is 5.95. The zero-order chi connectivity index (χ0) is 23.8. The van der Waals surface area contributed by atoms with Crippen molar-refractivity contribution in [2.75, 3.05) is 18.5 Å². The summed E-state index contributed by atoms with van der Waals surface area (Å²) < 4.78 is 5.95. The molecule has 0 radical (unpaired) electrons. The fraction of sp³-hybridized carbons (Fsp3) is 0.333. The van der Waals surface area contributed by atoms with Crippen LogP contribution in [0.25, 0.3) is 11.0 Å². The fourth-order valence-electron chi connectivity index (χ4n) is 3.92. The molecule has 0 unspecified atom stereocenters. The van der Waals surface area contributed by atoms with Gasteiger partial charge in [0.05, 0.1) is 6.20 Å². The Morgan fingerprint density at radius 2 is 1.79 bits per heavy atom. The quantitative estimate of drug-likeness (QED) is 0.219. The number of nitrogens with zero attached hydrogens (tertiary/aromatic N) is 2. The van der Waals surface area contributed by atoms with Crippen molar-refractivity contribution < 1.29 is 4.74 Å². The standard InChI is InChI=1S/C27H32ClN5O/c1-3-23(4-2)29-11-12-34-24-14-25-21(17-32-27(25)33-18-24)13-20-7-10-26(31-16-20)30-15-19-5-8-22(28)9-6-19/h5-10,14,16-18,23,29H,3-4,11-13,15H2,1-2H3,(H,30,31)(H,32,33). The minimum absolute atomic E-state index is 0.549. The van der Waals surface area contributed by atoms with Gasteiger partial charge in [0, 0.05) is 48.4 Å². The van der Waals surface area contributed by atoms with Crippen LogP contribution in [0.2, 0.25) is 5.02 Å². The number of ether oxygens (including phenoxy) is 1. The van der Waals surface area contributed by atoms with Crippen LogP contribution >= 0.6 is 11.6 Å². The van der Waals surface area contributed by atoms with E-state index in [1.807, 2.05) is 42.7 Å². The first-order valence-electron chi connectivity index (χ1n) is 11.9. The molecule has 0 amide bonds. The van der Waals surface area contributed by atoms with Gasteiger partial charge in [-0.15, -0.1) is 0 Å². The largest absolute Gasteiger partial charge is 0.491 e. The molecule has 0 saturated heterocycles. The topological polar surface area (TPSA) is 74.9 Å². The van der Waals surface area contributed by atoms with Crippen molar-refractivity contribution in [1.29, 1.82) is 0 Å². The minimum Gasteiger partial charge on any atom is -0.491 e. The lowest BCUT2D eigenvalue weighted by molar-refractivity contribution is 0.302. The van der Waals surface area contributed by atoms with Crippen molar-refractivity contribution in [1.82, 2.24) is 20.3 Å². The number of benzene rings is 1. The number of aromatic nitrogens is 3. The number of anilines is 1. The summed E-state index contributed by atoms with van der Waals surface area (Å²) in [5.41, 5.74) is 4.34. The lowest BCUT2D eigenvalue weighted by Gasteiger charge is -2.14. The molecule has 34 heavy (non-hydrogen) atoms. The maximum Gasteiger partial charge on any atom is 0.138 e. The lowest BCUT2D eigenvalue weighted by Crippen LogP contribution is -2.31. The van der Waals surface area contributed by atoms with E-state index in [0.29, 0.717) is 19.2 Å². The smallest absolute Gasteiger partial charge is 0.138 e. The van der Waals surface area contributed by atoms with Crippen molar-refractivity contribution in [3.05, 3.63) is 82.8 Å². The maximum atomic E-state index is 5.95. The summed E-state index contributed by atoms with van der Waals surface area (Å²) in [5, 5.41) is 8.69. The second-order valence-corrected chi connectivity index (χ2v) is 8.84. The number of pyridine rings is 2. The number of hydrogen-bond acceptors (Lipinski definition) is 5. The first-order valence-corrected chi connectivity index (χ1v) is 12.3. The van der Waals surface area contributed by atoms with E-state index in [9.17, 15) is 0 Å². The molecule has 0 aliphatic carbocycles. The van der Waals surface area contributed by atoms with Crippen LogP contribution in [0.1, 0.15) is 43.4 Å². The third kappa shape index (κ3) is 6.49. The van der Waals surface area contributed by atoms with Crippen molar-refractivity contribution in [2.24, 2.45) is 0 Å². The Hall–Kier alpha value is -3.09. The molecule has 3 N–H and O–H groups in total. The molecular formula is C27H32ClN5O. The molecule has 4 rings (SSSR count). The summed E-state index contributed by atoms with van der Waals surface area (Å²) in [6.07, 6.45) is 8.74. The molecule has 7 heteroatoms. The Kier molecular flexibility index (Phi) is 8.39. The predicted molar refractivity (Wildman–Crippen MR) is 140 cm³/mol. The van der Waals surface area contributed by atoms with Gasteiger partial charge in [-0.1, -0.05) is 43.6 Å². The summed E-state index contributed by atoms with van der Waals surface area (Å²) in [7, 11) is 0. The Morgan fingerprint density at radius 1 is 1.00 bits per heavy atom. The average Bonchev–Trinajstić information content (AvgIpc) is 3.26. The number of H-pyrrole nitrogens is 1. The molecule has 3 heterocycles. The third-order valence-electron chi connectivity index (χ3n) is 5.99. The van der Waals surface area contributed by atoms with Crippen LogP contribution in [0.4, 0.5) is 5.82 Å². The van der Waals surface area contributed by atoms with Gasteiger partial charge in [-0.3, -0.25) is 0 Å². The molecule has 0 spiro atoms. The van der Waals surface area contributed by atoms with Gasteiger partial charge < -0.3 is 20.4 Å². The number of aromatic amines is 1. The molecule has 178 valence electrons. The van der Waals surface area contributed by atoms with E-state index in [2.05, 4.69) is 51.6 Å². The van der Waals surface area contributed by atoms with E-state index in [4.69, 9.17) is 16.3 Å². The lowest BCUT2D eigenvalue weighted by atomic mass is 10.1. The SMILES string of the molecule is CCC(CC)NCCOc1cnc2[nH]cc(Cc3ccc(NCc4ccc(Cl)cc4)nc3)c2c1. The van der Waals surface area contributed by atoms with Gasteiger partial charge in [0.2, 0.25) is 0 Å². The van der Waals surface area contributed by atoms with Crippen LogP contribution in [-0.2, 0) is 13.0 Å². The minimum atomic E-state index is 0.549. The van der Waals surface area contributed by atoms with E-state index in [1.165, 1.54) is 5.56 Å². The Balaban J connectivity index is 1.34. The molecule has 0 bridgehead atoms. The molecule has 3 aromatic heterocycles. The van der Waals surface area contributed by atoms with Crippen molar-refractivity contribution >= 4 is 28.5 Å². The monoisotopic (exact) mass is 477 g/mol. The van der Waals surface area contributed by atoms with Crippen molar-refractivity contribution in [3.63, 3.8) is 0 Å². The van der Waals surface area contributed by atoms with Crippen LogP contribution in [0, 0.1) is 0 Å². The van der Waals surface area contributed by atoms with Crippen LogP contribution in [0.3, 0.4) is 0 Å². The van der Waals surface area contributed by atoms with Crippen LogP contribution in [-0.4, -0.2) is 34.1 Å². The molecular weight excluding hydrogens is 446 g/mol. The number of hydrogen-bond donors (Lipinski definition) is 3. The van der Waals surface area contributed by atoms with Crippen LogP contribution in [0.15, 0.2) is 61.1 Å². The second-order valence-electron chi connectivity index (χ2n) is 8.41. The Morgan fingerprint density at radius 3 is 2.53 bits per heavy atom. The number of halogens is 1. The third-order valence-corrected chi connectivity index (χ3v) is 6.24. The molecule has 0 fully saturated rings. The average molecular weight is 478 g/mol. The van der Waals surface area contributed by atoms with Gasteiger partial charge in [-0.2, -0.15) is 0 Å². The summed E-state index contributed by atoms with van der Waals surface area (Å²) in [5.74, 6) is 1.64. The molecule has 0 aliphatic heterocycles. The van der Waals surface area contributed by atoms with Gasteiger partial charge in [0.15, 0.2) is 0 Å². The van der Waals surface area contributed by atoms with Gasteiger partial charge in [-0.05, 0) is 53.8 Å². The molecule has 0 atom stereocenters. The highest BCUT2D eigenvalue weighted by molar-refractivity contribution is 6.30. The van der Waals surface area contributed by atoms with Crippen molar-refractivity contribution in [2.45, 2.75) is 45.7 Å². The maximum absolute atomic E-state index is 5.95. The Bertz CT molecular complexity index is 1170. The number of rotatable bonds is 12. The van der Waals surface area contributed by atoms with Crippen LogP contribution < -0.4 is 15.4 Å². The summed E-state index contributed by atoms with van der Waals surface area (Å²) in [4.78, 5) is 12.4. The van der Waals surface area contributed by atoms with Gasteiger partial charge in [0.25, 0.3) is 0 Å². The number of nitrogens with one attached hydrogen (secondary N) is 3. The molecule has 6 nitrogen and oxygen atoms in total. The van der Waals surface area contributed by atoms with Crippen molar-refractivity contribution in [3.8, 4) is 5.75 Å². The van der Waals surface area contributed by atoms with E-state index in [1.54, 1.807) is 6.20 Å². The van der Waals surface area contributed by atoms with Gasteiger partial charge in [-0.25, -0.2) is 9.97 Å². The van der Waals surface area contributed by atoms with Gasteiger partial charge in [0.1, 0.15) is 23.8 Å². The zero-order valence-electron chi connectivity index (χ0n) is 19.8. The highest BCUT2D eigenvalue weighted by Crippen LogP contribution is 2.24. The molecule has 1 aromatic carbocycles. The first kappa shape index (κ1) is 24.0. The highest BCUT2D eigenvalue weighted by Gasteiger charge is 2.09. The van der Waals surface area contributed by atoms with E-state index >= 15 is 0 Å². The number of fused-ring (bicyclic) bond motifs is 1. The normalized spacial score (nSPS) is 11.3. The zero-order valence-corrected chi connectivity index (χ0v) is 20.5. The predicted octanol–water partition coefficient (Wildman–Crippen LogP) is 5.97. The highest BCUT2D eigenvalue weighted by atomic mass is 35.5. The molecule has 0 saturated carbocycles.